The Bertz CT molecular complexity index is 1060. The van der Waals surface area contributed by atoms with Crippen LogP contribution in [-0.2, 0) is 22.5 Å². The molecule has 0 aliphatic rings. The number of ether oxygens (including phenoxy) is 1. The second-order valence-electron chi connectivity index (χ2n) is 6.41. The van der Waals surface area contributed by atoms with Crippen molar-refractivity contribution in [2.75, 3.05) is 17.3 Å². The number of anilines is 1. The average Bonchev–Trinajstić information content (AvgIpc) is 3.01. The van der Waals surface area contributed by atoms with E-state index >= 15 is 0 Å². The van der Waals surface area contributed by atoms with Crippen LogP contribution in [0.1, 0.15) is 53.2 Å². The lowest BCUT2D eigenvalue weighted by Gasteiger charge is -2.13. The molecule has 13 heteroatoms. The monoisotopic (exact) mass is 526 g/mol. The lowest BCUT2D eigenvalue weighted by atomic mass is 10.1. The second kappa shape index (κ2) is 12.9. The van der Waals surface area contributed by atoms with Gasteiger partial charge >= 0.3 is 0 Å². The van der Waals surface area contributed by atoms with E-state index in [0.29, 0.717) is 25.1 Å². The number of nitrogens with zero attached hydrogens (tertiary/aromatic N) is 2. The van der Waals surface area contributed by atoms with Gasteiger partial charge in [0.2, 0.25) is 0 Å². The van der Waals surface area contributed by atoms with E-state index in [-0.39, 0.29) is 32.9 Å². The summed E-state index contributed by atoms with van der Waals surface area (Å²) >= 11 is 9.53. The van der Waals surface area contributed by atoms with Crippen molar-refractivity contribution in [2.45, 2.75) is 38.0 Å². The number of alkyl halides is 2. The Morgan fingerprint density at radius 2 is 1.84 bits per heavy atom. The van der Waals surface area contributed by atoms with E-state index in [9.17, 15) is 18.0 Å². The molecule has 9 nitrogen and oxygen atoms in total. The molecule has 1 aromatic carbocycles. The zero-order chi connectivity index (χ0) is 24.5. The Morgan fingerprint density at radius 1 is 1.22 bits per heavy atom. The minimum absolute atomic E-state index is 0.0399. The molecule has 0 radical (unpaired) electrons. The van der Waals surface area contributed by atoms with Crippen LogP contribution < -0.4 is 15.8 Å². The van der Waals surface area contributed by atoms with Gasteiger partial charge in [0, 0.05) is 17.7 Å². The smallest absolute Gasteiger partial charge is 0.269 e. The molecule has 0 aliphatic carbocycles. The molecule has 3 N–H and O–H groups in total. The van der Waals surface area contributed by atoms with Crippen LogP contribution in [-0.4, -0.2) is 42.0 Å². The van der Waals surface area contributed by atoms with Crippen LogP contribution in [0.15, 0.2) is 23.1 Å². The summed E-state index contributed by atoms with van der Waals surface area (Å²) in [5, 5.41) is 7.08. The number of rotatable bonds is 9. The van der Waals surface area contributed by atoms with Gasteiger partial charge in [-0.25, -0.2) is 8.42 Å². The largest absolute Gasteiger partial charge is 0.493 e. The van der Waals surface area contributed by atoms with E-state index in [1.54, 1.807) is 7.05 Å². The van der Waals surface area contributed by atoms with Crippen LogP contribution in [0.5, 0.6) is 5.75 Å². The van der Waals surface area contributed by atoms with Crippen molar-refractivity contribution in [1.82, 2.24) is 9.78 Å². The van der Waals surface area contributed by atoms with E-state index in [4.69, 9.17) is 44.4 Å². The predicted molar refractivity (Wildman–Crippen MR) is 126 cm³/mol. The highest BCUT2D eigenvalue weighted by Gasteiger charge is 2.24. The number of aromatic nitrogens is 2. The van der Waals surface area contributed by atoms with Crippen molar-refractivity contribution in [3.05, 3.63) is 35.2 Å². The van der Waals surface area contributed by atoms with Crippen molar-refractivity contribution >= 4 is 60.4 Å². The summed E-state index contributed by atoms with van der Waals surface area (Å²) in [6.45, 7) is 4.15. The summed E-state index contributed by atoms with van der Waals surface area (Å²) in [7, 11) is 2.90. The first-order valence-corrected chi connectivity index (χ1v) is 12.9. The number of carbonyl (C=O) groups is 2. The maximum Gasteiger partial charge on any atom is 0.269 e. The number of carbonyl (C=O) groups excluding carboxylic acids is 2. The first-order chi connectivity index (χ1) is 15.0. The molecule has 0 saturated heterocycles. The highest BCUT2D eigenvalue weighted by atomic mass is 35.7. The SMILES string of the molecule is CCCOc1ccc(S(=O)(=O)Cl)cc1C(=O)Nc1c(CCC)nn(C)c1C(N)=O.ClCCl. The first kappa shape index (κ1) is 28.0. The van der Waals surface area contributed by atoms with Crippen LogP contribution in [0.25, 0.3) is 0 Å². The predicted octanol–water partition coefficient (Wildman–Crippen LogP) is 3.86. The molecule has 0 fully saturated rings. The van der Waals surface area contributed by atoms with Crippen LogP contribution in [0.4, 0.5) is 5.69 Å². The molecule has 2 amide bonds. The molecule has 0 bridgehead atoms. The number of nitrogens with two attached hydrogens (primary N) is 1. The Morgan fingerprint density at radius 3 is 2.34 bits per heavy atom. The molecule has 2 aromatic rings. The van der Waals surface area contributed by atoms with Gasteiger partial charge < -0.3 is 15.8 Å². The highest BCUT2D eigenvalue weighted by molar-refractivity contribution is 8.13. The van der Waals surface area contributed by atoms with Crippen molar-refractivity contribution in [1.29, 1.82) is 0 Å². The summed E-state index contributed by atoms with van der Waals surface area (Å²) < 4.78 is 30.3. The molecule has 2 rings (SSSR count). The van der Waals surface area contributed by atoms with Crippen LogP contribution in [0.3, 0.4) is 0 Å². The molecule has 1 heterocycles. The fourth-order valence-electron chi connectivity index (χ4n) is 2.76. The molecular formula is C19H25Cl3N4O5S. The van der Waals surface area contributed by atoms with Gasteiger partial charge in [-0.2, -0.15) is 5.10 Å². The summed E-state index contributed by atoms with van der Waals surface area (Å²) in [4.78, 5) is 24.6. The van der Waals surface area contributed by atoms with Crippen molar-refractivity contribution in [3.63, 3.8) is 0 Å². The second-order valence-corrected chi connectivity index (χ2v) is 9.78. The zero-order valence-electron chi connectivity index (χ0n) is 17.8. The molecule has 0 aliphatic heterocycles. The topological polar surface area (TPSA) is 133 Å². The van der Waals surface area contributed by atoms with Gasteiger partial charge in [0.1, 0.15) is 11.4 Å². The number of nitrogens with one attached hydrogen (secondary N) is 1. The van der Waals surface area contributed by atoms with Gasteiger partial charge in [-0.15, -0.1) is 23.2 Å². The normalized spacial score (nSPS) is 10.8. The third kappa shape index (κ3) is 7.54. The molecule has 32 heavy (non-hydrogen) atoms. The number of benzene rings is 1. The molecular weight excluding hydrogens is 503 g/mol. The molecule has 178 valence electrons. The fourth-order valence-corrected chi connectivity index (χ4v) is 3.54. The minimum atomic E-state index is -4.06. The Hall–Kier alpha value is -2.01. The summed E-state index contributed by atoms with van der Waals surface area (Å²) in [5.41, 5.74) is 6.13. The number of primary amides is 1. The standard InChI is InChI=1S/C18H23ClN4O5S.CH2Cl2/c1-4-6-13-15(16(17(20)24)23(3)22-13)21-18(25)12-10-11(29(19,26)27)7-8-14(12)28-9-5-2;2-1-3/h7-8,10H,4-6,9H2,1-3H3,(H2,20,24)(H,21,25);1H2. The van der Waals surface area contributed by atoms with Crippen molar-refractivity contribution in [2.24, 2.45) is 12.8 Å². The fraction of sp³-hybridized carbons (Fsp3) is 0.421. The van der Waals surface area contributed by atoms with Gasteiger partial charge in [0.15, 0.2) is 0 Å². The van der Waals surface area contributed by atoms with Crippen molar-refractivity contribution in [3.8, 4) is 5.75 Å². The number of hydrogen-bond donors (Lipinski definition) is 2. The molecule has 0 atom stereocenters. The van der Waals surface area contributed by atoms with Gasteiger partial charge in [-0.1, -0.05) is 20.3 Å². The van der Waals surface area contributed by atoms with Gasteiger partial charge in [0.05, 0.1) is 33.8 Å². The third-order valence-corrected chi connectivity index (χ3v) is 5.37. The summed E-state index contributed by atoms with van der Waals surface area (Å²) in [6.07, 6.45) is 1.92. The zero-order valence-corrected chi connectivity index (χ0v) is 20.9. The third-order valence-electron chi connectivity index (χ3n) is 4.02. The maximum atomic E-state index is 13.0. The molecule has 1 aromatic heterocycles. The van der Waals surface area contributed by atoms with Gasteiger partial charge in [-0.3, -0.25) is 14.3 Å². The van der Waals surface area contributed by atoms with E-state index in [1.165, 1.54) is 16.8 Å². The molecule has 0 saturated carbocycles. The summed E-state index contributed by atoms with van der Waals surface area (Å²) in [6, 6.07) is 3.75. The Labute approximate surface area is 201 Å². The lowest BCUT2D eigenvalue weighted by Crippen LogP contribution is -2.21. The number of amides is 2. The quantitative estimate of drug-likeness (QED) is 0.376. The number of aryl methyl sites for hydroxylation is 2. The first-order valence-electron chi connectivity index (χ1n) is 9.52. The van der Waals surface area contributed by atoms with Crippen molar-refractivity contribution < 1.29 is 22.7 Å². The number of halogens is 3. The van der Waals surface area contributed by atoms with E-state index in [0.717, 1.165) is 12.5 Å². The maximum absolute atomic E-state index is 13.0. The lowest BCUT2D eigenvalue weighted by molar-refractivity contribution is 0.0992. The van der Waals surface area contributed by atoms with E-state index in [2.05, 4.69) is 10.4 Å². The highest BCUT2D eigenvalue weighted by Crippen LogP contribution is 2.28. The van der Waals surface area contributed by atoms with E-state index in [1.807, 2.05) is 13.8 Å². The van der Waals surface area contributed by atoms with Gasteiger partial charge in [-0.05, 0) is 31.0 Å². The van der Waals surface area contributed by atoms with Crippen LogP contribution in [0.2, 0.25) is 0 Å². The van der Waals surface area contributed by atoms with Crippen LogP contribution >= 0.6 is 33.9 Å². The Balaban J connectivity index is 0.00000161. The van der Waals surface area contributed by atoms with E-state index < -0.39 is 20.9 Å². The van der Waals surface area contributed by atoms with Crippen LogP contribution in [0, 0.1) is 0 Å². The minimum Gasteiger partial charge on any atom is -0.493 e. The summed E-state index contributed by atoms with van der Waals surface area (Å²) in [5.74, 6) is -1.24. The number of hydrogen-bond acceptors (Lipinski definition) is 6. The molecule has 0 spiro atoms. The average molecular weight is 528 g/mol. The van der Waals surface area contributed by atoms with Gasteiger partial charge in [0.25, 0.3) is 20.9 Å². The molecule has 0 unspecified atom stereocenters. The Kier molecular flexibility index (Phi) is 11.3.